The number of carbonyl (C=O) groups excluding carboxylic acids is 2. The van der Waals surface area contributed by atoms with Gasteiger partial charge in [0.25, 0.3) is 5.91 Å². The van der Waals surface area contributed by atoms with Crippen molar-refractivity contribution in [1.82, 2.24) is 19.8 Å². The van der Waals surface area contributed by atoms with Crippen molar-refractivity contribution in [3.8, 4) is 0 Å². The summed E-state index contributed by atoms with van der Waals surface area (Å²) in [6, 6.07) is 3.63. The highest BCUT2D eigenvalue weighted by Gasteiger charge is 2.26. The van der Waals surface area contributed by atoms with Gasteiger partial charge < -0.3 is 9.80 Å². The summed E-state index contributed by atoms with van der Waals surface area (Å²) in [6.45, 7) is 8.10. The van der Waals surface area contributed by atoms with Crippen molar-refractivity contribution in [3.63, 3.8) is 0 Å². The van der Waals surface area contributed by atoms with Gasteiger partial charge in [0.1, 0.15) is 0 Å². The molecule has 0 saturated carbocycles. The number of anilines is 1. The van der Waals surface area contributed by atoms with E-state index in [1.54, 1.807) is 37.1 Å². The maximum absolute atomic E-state index is 12.9. The Balaban J connectivity index is 1.21. The number of nitrogens with zero attached hydrogens (tertiary/aromatic N) is 5. The van der Waals surface area contributed by atoms with E-state index in [0.717, 1.165) is 74.6 Å². The number of unbranched alkanes of at least 4 members (excludes halogenated alkanes) is 1. The Morgan fingerprint density at radius 2 is 1.80 bits per heavy atom. The smallest absolute Gasteiger partial charge is 0.255 e. The largest absolute Gasteiger partial charge is 0.338 e. The van der Waals surface area contributed by atoms with Crippen LogP contribution in [0.5, 0.6) is 0 Å². The summed E-state index contributed by atoms with van der Waals surface area (Å²) in [5, 5.41) is 0. The Morgan fingerprint density at radius 1 is 1.07 bits per heavy atom. The Labute approximate surface area is 185 Å². The maximum atomic E-state index is 12.9. The Hall–Kier alpha value is -1.97. The number of hydrogen-bond acceptors (Lipinski definition) is 8. The number of hydrogen-bond donors (Lipinski definition) is 0. The molecule has 0 bridgehead atoms. The highest BCUT2D eigenvalue weighted by atomic mass is 32.2. The predicted molar refractivity (Wildman–Crippen MR) is 121 cm³/mol. The third-order valence-electron chi connectivity index (χ3n) is 5.52. The monoisotopic (exact) mass is 445 g/mol. The molecule has 0 radical (unpaired) electrons. The van der Waals surface area contributed by atoms with Gasteiger partial charge in [-0.3, -0.25) is 14.5 Å². The number of thioether (sulfide) groups is 1. The standard InChI is InChI=1S/C21H27N5O2S2/c1-16(27)18-15-17-19(28)25(13-14-29-20(17)30-18)8-3-2-7-24-9-11-26(12-10-24)21-22-5-4-6-23-21/h4-6,15H,2-3,7-14H2,1H3. The van der Waals surface area contributed by atoms with Crippen molar-refractivity contribution in [2.45, 2.75) is 24.0 Å². The summed E-state index contributed by atoms with van der Waals surface area (Å²) in [7, 11) is 0. The fourth-order valence-electron chi connectivity index (χ4n) is 3.80. The minimum Gasteiger partial charge on any atom is -0.338 e. The molecule has 0 spiro atoms. The van der Waals surface area contributed by atoms with E-state index in [-0.39, 0.29) is 11.7 Å². The summed E-state index contributed by atoms with van der Waals surface area (Å²) in [5.74, 6) is 1.82. The third-order valence-corrected chi connectivity index (χ3v) is 8.02. The number of piperazine rings is 1. The van der Waals surface area contributed by atoms with Gasteiger partial charge in [-0.05, 0) is 38.4 Å². The zero-order valence-corrected chi connectivity index (χ0v) is 18.9. The van der Waals surface area contributed by atoms with Gasteiger partial charge in [0, 0.05) is 57.4 Å². The van der Waals surface area contributed by atoms with Crippen LogP contribution in [0.25, 0.3) is 0 Å². The molecule has 1 fully saturated rings. The molecule has 2 aliphatic heterocycles. The van der Waals surface area contributed by atoms with Gasteiger partial charge >= 0.3 is 0 Å². The fraction of sp³-hybridized carbons (Fsp3) is 0.524. The number of amides is 1. The highest BCUT2D eigenvalue weighted by molar-refractivity contribution is 8.01. The molecule has 4 heterocycles. The van der Waals surface area contributed by atoms with Crippen LogP contribution < -0.4 is 4.90 Å². The van der Waals surface area contributed by atoms with Gasteiger partial charge in [-0.2, -0.15) is 0 Å². The second kappa shape index (κ2) is 9.89. The number of carbonyl (C=O) groups is 2. The second-order valence-corrected chi connectivity index (χ2v) is 10.0. The molecule has 2 aliphatic rings. The normalized spacial score (nSPS) is 17.7. The molecule has 7 nitrogen and oxygen atoms in total. The minimum atomic E-state index is 0.0342. The molecule has 0 aliphatic carbocycles. The van der Waals surface area contributed by atoms with Gasteiger partial charge in [0.05, 0.1) is 14.6 Å². The summed E-state index contributed by atoms with van der Waals surface area (Å²) in [4.78, 5) is 40.6. The number of aromatic nitrogens is 2. The van der Waals surface area contributed by atoms with E-state index < -0.39 is 0 Å². The summed E-state index contributed by atoms with van der Waals surface area (Å²) >= 11 is 3.15. The van der Waals surface area contributed by atoms with E-state index in [2.05, 4.69) is 19.8 Å². The van der Waals surface area contributed by atoms with Crippen molar-refractivity contribution in [3.05, 3.63) is 35.0 Å². The average molecular weight is 446 g/mol. The molecule has 160 valence electrons. The van der Waals surface area contributed by atoms with Crippen molar-refractivity contribution in [1.29, 1.82) is 0 Å². The lowest BCUT2D eigenvalue weighted by Crippen LogP contribution is -2.47. The van der Waals surface area contributed by atoms with E-state index in [0.29, 0.717) is 10.4 Å². The van der Waals surface area contributed by atoms with Crippen LogP contribution in [0.4, 0.5) is 5.95 Å². The van der Waals surface area contributed by atoms with E-state index in [1.165, 1.54) is 11.3 Å². The fourth-order valence-corrected chi connectivity index (χ4v) is 6.13. The van der Waals surface area contributed by atoms with Crippen molar-refractivity contribution in [2.24, 2.45) is 0 Å². The van der Waals surface area contributed by atoms with Crippen molar-refractivity contribution >= 4 is 40.7 Å². The molecule has 0 unspecified atom stereocenters. The van der Waals surface area contributed by atoms with Gasteiger partial charge in [0.15, 0.2) is 5.78 Å². The van der Waals surface area contributed by atoms with Crippen LogP contribution >= 0.6 is 23.1 Å². The maximum Gasteiger partial charge on any atom is 0.255 e. The van der Waals surface area contributed by atoms with Crippen LogP contribution in [0.1, 0.15) is 39.8 Å². The molecule has 2 aromatic rings. The molecule has 1 saturated heterocycles. The predicted octanol–water partition coefficient (Wildman–Crippen LogP) is 2.89. The first-order valence-electron chi connectivity index (χ1n) is 10.4. The second-order valence-electron chi connectivity index (χ2n) is 7.59. The van der Waals surface area contributed by atoms with E-state index >= 15 is 0 Å². The van der Waals surface area contributed by atoms with Gasteiger partial charge in [-0.15, -0.1) is 23.1 Å². The first kappa shape index (κ1) is 21.3. The molecule has 0 atom stereocenters. The minimum absolute atomic E-state index is 0.0342. The number of Topliss-reactive ketones (excluding diaryl/α,β-unsaturated/α-hetero) is 1. The molecular weight excluding hydrogens is 418 g/mol. The van der Waals surface area contributed by atoms with Gasteiger partial charge in [-0.1, -0.05) is 0 Å². The molecule has 0 aromatic carbocycles. The number of thiophene rings is 1. The van der Waals surface area contributed by atoms with Crippen LogP contribution in [0.3, 0.4) is 0 Å². The SMILES string of the molecule is CC(=O)c1cc2c(s1)SCCN(CCCCN1CCN(c3ncccn3)CC1)C2=O. The van der Waals surface area contributed by atoms with E-state index in [9.17, 15) is 9.59 Å². The zero-order valence-electron chi connectivity index (χ0n) is 17.2. The average Bonchev–Trinajstić information content (AvgIpc) is 3.14. The number of fused-ring (bicyclic) bond motifs is 1. The summed E-state index contributed by atoms with van der Waals surface area (Å²) < 4.78 is 0.993. The van der Waals surface area contributed by atoms with Gasteiger partial charge in [0.2, 0.25) is 5.95 Å². The van der Waals surface area contributed by atoms with Crippen molar-refractivity contribution < 1.29 is 9.59 Å². The van der Waals surface area contributed by atoms with Crippen LogP contribution in [-0.4, -0.2) is 83.0 Å². The van der Waals surface area contributed by atoms with Crippen LogP contribution in [0.2, 0.25) is 0 Å². The third kappa shape index (κ3) is 5.01. The molecule has 9 heteroatoms. The lowest BCUT2D eigenvalue weighted by Gasteiger charge is -2.34. The lowest BCUT2D eigenvalue weighted by molar-refractivity contribution is 0.0761. The van der Waals surface area contributed by atoms with Gasteiger partial charge in [-0.25, -0.2) is 9.97 Å². The Morgan fingerprint density at radius 3 is 2.53 bits per heavy atom. The lowest BCUT2D eigenvalue weighted by atomic mass is 10.2. The number of rotatable bonds is 7. The Kier molecular flexibility index (Phi) is 7.01. The summed E-state index contributed by atoms with van der Waals surface area (Å²) in [6.07, 6.45) is 5.65. The first-order valence-corrected chi connectivity index (χ1v) is 12.2. The van der Waals surface area contributed by atoms with Crippen molar-refractivity contribution in [2.75, 3.05) is 56.5 Å². The molecule has 0 N–H and O–H groups in total. The number of ketones is 1. The topological polar surface area (TPSA) is 69.6 Å². The molecule has 1 amide bonds. The molecule has 2 aromatic heterocycles. The summed E-state index contributed by atoms with van der Waals surface area (Å²) in [5.41, 5.74) is 0.715. The molecule has 4 rings (SSSR count). The van der Waals surface area contributed by atoms with E-state index in [1.807, 2.05) is 11.0 Å². The van der Waals surface area contributed by atoms with Crippen LogP contribution in [0, 0.1) is 0 Å². The molecular formula is C21H27N5O2S2. The van der Waals surface area contributed by atoms with Crippen LogP contribution in [-0.2, 0) is 0 Å². The quantitative estimate of drug-likeness (QED) is 0.479. The first-order chi connectivity index (χ1) is 14.6. The van der Waals surface area contributed by atoms with E-state index in [4.69, 9.17) is 0 Å². The molecule has 30 heavy (non-hydrogen) atoms. The Bertz CT molecular complexity index is 881. The highest BCUT2D eigenvalue weighted by Crippen LogP contribution is 2.35. The zero-order chi connectivity index (χ0) is 20.9. The van der Waals surface area contributed by atoms with Crippen LogP contribution in [0.15, 0.2) is 28.7 Å².